The second kappa shape index (κ2) is 7.76. The minimum atomic E-state index is -0.838. The van der Waals surface area contributed by atoms with Gasteiger partial charge in [0.15, 0.2) is 11.6 Å². The van der Waals surface area contributed by atoms with E-state index in [9.17, 15) is 18.4 Å². The van der Waals surface area contributed by atoms with E-state index in [1.165, 1.54) is 22.9 Å². The summed E-state index contributed by atoms with van der Waals surface area (Å²) in [6, 6.07) is 6.82. The summed E-state index contributed by atoms with van der Waals surface area (Å²) in [5, 5.41) is 4.11. The molecule has 0 N–H and O–H groups in total. The van der Waals surface area contributed by atoms with Crippen molar-refractivity contribution in [3.8, 4) is 0 Å². The van der Waals surface area contributed by atoms with Crippen molar-refractivity contribution in [1.29, 1.82) is 0 Å². The van der Waals surface area contributed by atoms with Crippen LogP contribution in [0.3, 0.4) is 0 Å². The fourth-order valence-corrected chi connectivity index (χ4v) is 3.29. The maximum absolute atomic E-state index is 13.3. The highest BCUT2D eigenvalue weighted by Crippen LogP contribution is 2.23. The van der Waals surface area contributed by atoms with Crippen LogP contribution in [0.2, 0.25) is 0 Å². The molecule has 1 fully saturated rings. The number of rotatable bonds is 4. The highest BCUT2D eigenvalue weighted by Gasteiger charge is 2.25. The van der Waals surface area contributed by atoms with E-state index in [-0.39, 0.29) is 17.2 Å². The van der Waals surface area contributed by atoms with E-state index in [1.54, 1.807) is 17.9 Å². The molecule has 1 aliphatic heterocycles. The van der Waals surface area contributed by atoms with Crippen molar-refractivity contribution in [1.82, 2.24) is 14.7 Å². The first-order chi connectivity index (χ1) is 12.5. The Morgan fingerprint density at radius 1 is 1.15 bits per heavy atom. The number of halogens is 2. The lowest BCUT2D eigenvalue weighted by atomic mass is 9.90. The summed E-state index contributed by atoms with van der Waals surface area (Å²) in [6.07, 6.45) is 2.24. The minimum absolute atomic E-state index is 0.182. The molecule has 1 aliphatic rings. The maximum Gasteiger partial charge on any atom is 0.274 e. The van der Waals surface area contributed by atoms with Gasteiger partial charge in [0.1, 0.15) is 5.69 Å². The van der Waals surface area contributed by atoms with Gasteiger partial charge in [0.05, 0.1) is 0 Å². The van der Waals surface area contributed by atoms with Crippen molar-refractivity contribution in [3.05, 3.63) is 63.6 Å². The zero-order valence-electron chi connectivity index (χ0n) is 14.6. The molecule has 0 atom stereocenters. The zero-order valence-corrected chi connectivity index (χ0v) is 14.6. The van der Waals surface area contributed by atoms with Gasteiger partial charge in [-0.2, -0.15) is 5.10 Å². The average molecular weight is 361 g/mol. The number of hydrogen-bond acceptors (Lipinski definition) is 3. The van der Waals surface area contributed by atoms with Crippen molar-refractivity contribution >= 4 is 5.91 Å². The normalized spacial score (nSPS) is 15.3. The number of aromatic nitrogens is 2. The lowest BCUT2D eigenvalue weighted by Crippen LogP contribution is -2.40. The van der Waals surface area contributed by atoms with Crippen molar-refractivity contribution in [2.24, 2.45) is 5.92 Å². The molecule has 0 spiro atoms. The fraction of sp³-hybridized carbons (Fsp3) is 0.421. The van der Waals surface area contributed by atoms with Gasteiger partial charge in [0.25, 0.3) is 11.5 Å². The number of piperidine rings is 1. The third-order valence-electron chi connectivity index (χ3n) is 4.80. The van der Waals surface area contributed by atoms with E-state index < -0.39 is 11.6 Å². The molecule has 1 saturated heterocycles. The van der Waals surface area contributed by atoms with Crippen molar-refractivity contribution in [2.75, 3.05) is 13.1 Å². The van der Waals surface area contributed by atoms with Crippen LogP contribution in [0.15, 0.2) is 35.1 Å². The largest absolute Gasteiger partial charge is 0.337 e. The van der Waals surface area contributed by atoms with Crippen LogP contribution in [0.5, 0.6) is 0 Å². The van der Waals surface area contributed by atoms with Gasteiger partial charge in [-0.25, -0.2) is 13.5 Å². The molecular formula is C19H21F2N3O2. The number of carbonyl (C=O) groups is 1. The summed E-state index contributed by atoms with van der Waals surface area (Å²) in [5.41, 5.74) is 0.810. The first kappa shape index (κ1) is 18.2. The van der Waals surface area contributed by atoms with Crippen molar-refractivity contribution in [3.63, 3.8) is 0 Å². The zero-order chi connectivity index (χ0) is 18.7. The third-order valence-corrected chi connectivity index (χ3v) is 4.80. The van der Waals surface area contributed by atoms with Gasteiger partial charge in [0, 0.05) is 25.7 Å². The summed E-state index contributed by atoms with van der Waals surface area (Å²) in [4.78, 5) is 25.9. The van der Waals surface area contributed by atoms with Gasteiger partial charge in [-0.1, -0.05) is 6.07 Å². The number of amides is 1. The number of nitrogens with zero attached hydrogens (tertiary/aromatic N) is 3. The van der Waals surface area contributed by atoms with Gasteiger partial charge in [-0.3, -0.25) is 9.59 Å². The average Bonchev–Trinajstić information content (AvgIpc) is 2.65. The van der Waals surface area contributed by atoms with Crippen LogP contribution in [0.4, 0.5) is 8.78 Å². The van der Waals surface area contributed by atoms with Crippen LogP contribution in [0.1, 0.15) is 35.8 Å². The molecule has 2 aromatic rings. The van der Waals surface area contributed by atoms with Crippen LogP contribution in [0, 0.1) is 17.6 Å². The summed E-state index contributed by atoms with van der Waals surface area (Å²) >= 11 is 0. The van der Waals surface area contributed by atoms with Crippen molar-refractivity contribution < 1.29 is 13.6 Å². The molecule has 1 aromatic heterocycles. The van der Waals surface area contributed by atoms with E-state index in [4.69, 9.17) is 0 Å². The first-order valence-electron chi connectivity index (χ1n) is 8.79. The molecule has 138 valence electrons. The molecule has 2 heterocycles. The molecular weight excluding hydrogens is 340 g/mol. The van der Waals surface area contributed by atoms with Crippen LogP contribution in [-0.2, 0) is 13.0 Å². The standard InChI is InChI=1S/C19H21F2N3O2/c1-2-24-18(25)6-5-17(22-24)19(26)23-9-7-13(8-10-23)11-14-3-4-15(20)16(21)12-14/h3-6,12-13H,2,7-11H2,1H3. The lowest BCUT2D eigenvalue weighted by molar-refractivity contribution is 0.0681. The van der Waals surface area contributed by atoms with Crippen LogP contribution in [-0.4, -0.2) is 33.7 Å². The molecule has 3 rings (SSSR count). The Hall–Kier alpha value is -2.57. The molecule has 0 saturated carbocycles. The topological polar surface area (TPSA) is 55.2 Å². The van der Waals surface area contributed by atoms with Gasteiger partial charge in [-0.15, -0.1) is 0 Å². The van der Waals surface area contributed by atoms with E-state index >= 15 is 0 Å². The van der Waals surface area contributed by atoms with Gasteiger partial charge >= 0.3 is 0 Å². The second-order valence-electron chi connectivity index (χ2n) is 6.56. The SMILES string of the molecule is CCn1nc(C(=O)N2CCC(Cc3ccc(F)c(F)c3)CC2)ccc1=O. The van der Waals surface area contributed by atoms with Crippen LogP contribution >= 0.6 is 0 Å². The summed E-state index contributed by atoms with van der Waals surface area (Å²) in [7, 11) is 0. The summed E-state index contributed by atoms with van der Waals surface area (Å²) in [5.74, 6) is -1.53. The Labute approximate surface area is 150 Å². The Kier molecular flexibility index (Phi) is 5.44. The van der Waals surface area contributed by atoms with Gasteiger partial charge in [0.2, 0.25) is 0 Å². The summed E-state index contributed by atoms with van der Waals surface area (Å²) in [6.45, 7) is 3.38. The predicted molar refractivity (Wildman–Crippen MR) is 92.9 cm³/mol. The van der Waals surface area contributed by atoms with E-state index in [1.807, 2.05) is 0 Å². The highest BCUT2D eigenvalue weighted by molar-refractivity contribution is 5.92. The molecule has 1 aromatic carbocycles. The first-order valence-corrected chi connectivity index (χ1v) is 8.79. The number of benzene rings is 1. The van der Waals surface area contributed by atoms with E-state index in [0.29, 0.717) is 32.0 Å². The summed E-state index contributed by atoms with van der Waals surface area (Å²) < 4.78 is 27.6. The number of aryl methyl sites for hydroxylation is 1. The molecule has 1 amide bonds. The Morgan fingerprint density at radius 2 is 1.88 bits per heavy atom. The fourth-order valence-electron chi connectivity index (χ4n) is 3.29. The van der Waals surface area contributed by atoms with Gasteiger partial charge in [-0.05, 0) is 55.9 Å². The molecule has 26 heavy (non-hydrogen) atoms. The van der Waals surface area contributed by atoms with Crippen molar-refractivity contribution in [2.45, 2.75) is 32.7 Å². The molecule has 5 nitrogen and oxygen atoms in total. The quantitative estimate of drug-likeness (QED) is 0.841. The molecule has 0 bridgehead atoms. The Morgan fingerprint density at radius 3 is 2.54 bits per heavy atom. The smallest absolute Gasteiger partial charge is 0.274 e. The van der Waals surface area contributed by atoms with E-state index in [0.717, 1.165) is 24.5 Å². The number of hydrogen-bond donors (Lipinski definition) is 0. The molecule has 0 aliphatic carbocycles. The Balaban J connectivity index is 1.60. The van der Waals surface area contributed by atoms with Gasteiger partial charge < -0.3 is 4.90 Å². The molecule has 0 unspecified atom stereocenters. The van der Waals surface area contributed by atoms with Crippen LogP contribution < -0.4 is 5.56 Å². The molecule has 0 radical (unpaired) electrons. The number of carbonyl (C=O) groups excluding carboxylic acids is 1. The monoisotopic (exact) mass is 361 g/mol. The van der Waals surface area contributed by atoms with E-state index in [2.05, 4.69) is 5.10 Å². The Bertz CT molecular complexity index is 858. The predicted octanol–water partition coefficient (Wildman–Crippen LogP) is 2.64. The number of likely N-dealkylation sites (tertiary alicyclic amines) is 1. The maximum atomic E-state index is 13.3. The third kappa shape index (κ3) is 3.98. The highest BCUT2D eigenvalue weighted by atomic mass is 19.2. The lowest BCUT2D eigenvalue weighted by Gasteiger charge is -2.32. The second-order valence-corrected chi connectivity index (χ2v) is 6.56. The minimum Gasteiger partial charge on any atom is -0.337 e. The molecule has 7 heteroatoms. The van der Waals surface area contributed by atoms with Crippen LogP contribution in [0.25, 0.3) is 0 Å².